The number of hydrogen-bond donors (Lipinski definition) is 4. The first-order valence-electron chi connectivity index (χ1n) is 11.3. The highest BCUT2D eigenvalue weighted by molar-refractivity contribution is 6.02. The van der Waals surface area contributed by atoms with Gasteiger partial charge in [-0.1, -0.05) is 0 Å². The summed E-state index contributed by atoms with van der Waals surface area (Å²) in [6.07, 6.45) is 9.26. The molecule has 0 aliphatic carbocycles. The molecule has 38 heavy (non-hydrogen) atoms. The average Bonchev–Trinajstić information content (AvgIpc) is 3.62. The van der Waals surface area contributed by atoms with Crippen molar-refractivity contribution in [1.82, 2.24) is 43.5 Å². The quantitative estimate of drug-likeness (QED) is 0.234. The van der Waals surface area contributed by atoms with E-state index in [1.807, 2.05) is 0 Å². The van der Waals surface area contributed by atoms with Crippen LogP contribution < -0.4 is 21.3 Å². The Morgan fingerprint density at radius 3 is 1.92 bits per heavy atom. The van der Waals surface area contributed by atoms with Crippen LogP contribution in [0.25, 0.3) is 0 Å². The molecule has 0 aliphatic rings. The molecule has 0 aliphatic heterocycles. The average molecular weight is 523 g/mol. The van der Waals surface area contributed by atoms with Crippen molar-refractivity contribution in [2.45, 2.75) is 6.42 Å². The lowest BCUT2D eigenvalue weighted by molar-refractivity contribution is -0.116. The van der Waals surface area contributed by atoms with Gasteiger partial charge in [0.05, 0.1) is 6.33 Å². The number of carbonyl (C=O) groups is 4. The van der Waals surface area contributed by atoms with Gasteiger partial charge in [-0.25, -0.2) is 19.9 Å². The second kappa shape index (κ2) is 10.8. The normalized spacial score (nSPS) is 10.7. The van der Waals surface area contributed by atoms with E-state index in [2.05, 4.69) is 41.2 Å². The van der Waals surface area contributed by atoms with Crippen molar-refractivity contribution in [3.05, 3.63) is 54.8 Å². The number of anilines is 3. The fourth-order valence-electron chi connectivity index (χ4n) is 3.46. The van der Waals surface area contributed by atoms with E-state index >= 15 is 0 Å². The Kier molecular flexibility index (Phi) is 7.31. The maximum atomic E-state index is 12.5. The minimum atomic E-state index is -0.524. The smallest absolute Gasteiger partial charge is 0.292 e. The van der Waals surface area contributed by atoms with E-state index in [1.165, 1.54) is 27.7 Å². The Labute approximate surface area is 216 Å². The molecule has 198 valence electrons. The van der Waals surface area contributed by atoms with Crippen LogP contribution in [0.5, 0.6) is 0 Å². The van der Waals surface area contributed by atoms with Gasteiger partial charge >= 0.3 is 0 Å². The van der Waals surface area contributed by atoms with E-state index in [0.717, 1.165) is 0 Å². The molecule has 16 nitrogen and oxygen atoms in total. The van der Waals surface area contributed by atoms with Gasteiger partial charge in [-0.2, -0.15) is 0 Å². The van der Waals surface area contributed by atoms with E-state index in [9.17, 15) is 19.2 Å². The Morgan fingerprint density at radius 2 is 1.32 bits per heavy atom. The predicted molar refractivity (Wildman–Crippen MR) is 134 cm³/mol. The molecule has 0 aromatic carbocycles. The molecule has 4 aromatic heterocycles. The first-order valence-corrected chi connectivity index (χ1v) is 11.3. The summed E-state index contributed by atoms with van der Waals surface area (Å²) in [4.78, 5) is 65.9. The molecule has 0 bridgehead atoms. The molecule has 0 saturated carbocycles. The fraction of sp³-hybridized carbons (Fsp3) is 0.273. The summed E-state index contributed by atoms with van der Waals surface area (Å²) in [7, 11) is 6.68. The van der Waals surface area contributed by atoms with Crippen LogP contribution in [0.4, 0.5) is 17.5 Å². The number of aromatic nitrogens is 8. The van der Waals surface area contributed by atoms with Gasteiger partial charge < -0.3 is 39.5 Å². The zero-order valence-corrected chi connectivity index (χ0v) is 21.1. The molecule has 0 unspecified atom stereocenters. The molecule has 4 N–H and O–H groups in total. The summed E-state index contributed by atoms with van der Waals surface area (Å²) < 4.78 is 6.17. The van der Waals surface area contributed by atoms with Gasteiger partial charge in [0.15, 0.2) is 23.3 Å². The molecule has 16 heteroatoms. The molecule has 0 saturated heterocycles. The van der Waals surface area contributed by atoms with Crippen molar-refractivity contribution < 1.29 is 19.2 Å². The Balaban J connectivity index is 1.26. The monoisotopic (exact) mass is 522 g/mol. The lowest BCUT2D eigenvalue weighted by Gasteiger charge is -2.05. The number of nitrogens with zero attached hydrogens (tertiary/aromatic N) is 8. The second-order valence-corrected chi connectivity index (χ2v) is 8.37. The van der Waals surface area contributed by atoms with Crippen LogP contribution in [0, 0.1) is 0 Å². The van der Waals surface area contributed by atoms with Crippen LogP contribution >= 0.6 is 0 Å². The second-order valence-electron chi connectivity index (χ2n) is 8.37. The standard InChI is InChI=1S/C22H26N12O4/c1-31-9-13(25-12-31)29-22(38)19-27-14(10-34(19)4)26-16(35)5-6-24-20(36)18-28-15(11-33(18)3)30-21(37)17-23-7-8-32(17)2/h7-12H,5-6H2,1-4H3,(H,24,36)(H,26,35)(H,29,38)(H,30,37). The van der Waals surface area contributed by atoms with Gasteiger partial charge in [0.1, 0.15) is 0 Å². The first-order chi connectivity index (χ1) is 18.1. The topological polar surface area (TPSA) is 188 Å². The van der Waals surface area contributed by atoms with Crippen molar-refractivity contribution in [3.63, 3.8) is 0 Å². The van der Waals surface area contributed by atoms with Crippen LogP contribution in [-0.4, -0.2) is 68.4 Å². The van der Waals surface area contributed by atoms with Crippen LogP contribution in [0.3, 0.4) is 0 Å². The molecular weight excluding hydrogens is 496 g/mol. The largest absolute Gasteiger partial charge is 0.349 e. The third kappa shape index (κ3) is 5.92. The van der Waals surface area contributed by atoms with Crippen molar-refractivity contribution in [2.24, 2.45) is 28.2 Å². The van der Waals surface area contributed by atoms with E-state index in [1.54, 1.807) is 56.0 Å². The maximum Gasteiger partial charge on any atom is 0.292 e. The summed E-state index contributed by atoms with van der Waals surface area (Å²) >= 11 is 0. The van der Waals surface area contributed by atoms with Crippen molar-refractivity contribution in [2.75, 3.05) is 22.5 Å². The molecule has 4 heterocycles. The minimum Gasteiger partial charge on any atom is -0.349 e. The van der Waals surface area contributed by atoms with E-state index < -0.39 is 23.6 Å². The summed E-state index contributed by atoms with van der Waals surface area (Å²) in [5.41, 5.74) is 0. The van der Waals surface area contributed by atoms with Gasteiger partial charge in [0.2, 0.25) is 17.6 Å². The highest BCUT2D eigenvalue weighted by Crippen LogP contribution is 2.11. The van der Waals surface area contributed by atoms with Crippen LogP contribution in [0.1, 0.15) is 38.3 Å². The van der Waals surface area contributed by atoms with E-state index in [4.69, 9.17) is 0 Å². The summed E-state index contributed by atoms with van der Waals surface area (Å²) in [6.45, 7) is 0.0202. The van der Waals surface area contributed by atoms with Crippen LogP contribution in [0.2, 0.25) is 0 Å². The molecule has 4 aromatic rings. The van der Waals surface area contributed by atoms with Crippen LogP contribution in [0.15, 0.2) is 37.3 Å². The third-order valence-corrected chi connectivity index (χ3v) is 5.28. The van der Waals surface area contributed by atoms with Crippen molar-refractivity contribution in [1.29, 1.82) is 0 Å². The number of imidazole rings is 4. The van der Waals surface area contributed by atoms with E-state index in [0.29, 0.717) is 5.82 Å². The molecule has 4 amide bonds. The number of aryl methyl sites for hydroxylation is 4. The highest BCUT2D eigenvalue weighted by atomic mass is 16.2. The van der Waals surface area contributed by atoms with Gasteiger partial charge in [0, 0.05) is 72.1 Å². The van der Waals surface area contributed by atoms with Gasteiger partial charge in [0.25, 0.3) is 17.7 Å². The third-order valence-electron chi connectivity index (χ3n) is 5.28. The van der Waals surface area contributed by atoms with Crippen molar-refractivity contribution >= 4 is 41.1 Å². The van der Waals surface area contributed by atoms with Gasteiger partial charge in [-0.15, -0.1) is 0 Å². The van der Waals surface area contributed by atoms with Crippen LogP contribution in [-0.2, 0) is 33.0 Å². The molecule has 0 spiro atoms. The zero-order valence-electron chi connectivity index (χ0n) is 21.1. The Morgan fingerprint density at radius 1 is 0.711 bits per heavy atom. The molecule has 0 atom stereocenters. The molecular formula is C22H26N12O4. The Bertz CT molecular complexity index is 1510. The first kappa shape index (κ1) is 25.8. The lowest BCUT2D eigenvalue weighted by Crippen LogP contribution is -2.29. The summed E-state index contributed by atoms with van der Waals surface area (Å²) in [6, 6.07) is 0. The summed E-state index contributed by atoms with van der Waals surface area (Å²) in [5.74, 6) is -0.816. The SMILES string of the molecule is Cn1cnc(NC(=O)c2nc(NC(=O)CCNC(=O)c3nc(NC(=O)c4nccn4C)cn3C)cn2C)c1. The predicted octanol–water partition coefficient (Wildman–Crippen LogP) is -0.116. The number of amides is 4. The number of rotatable bonds is 9. The molecule has 4 rings (SSSR count). The Hall–Kier alpha value is -5.28. The summed E-state index contributed by atoms with van der Waals surface area (Å²) in [5, 5.41) is 10.4. The zero-order chi connectivity index (χ0) is 27.4. The van der Waals surface area contributed by atoms with Gasteiger partial charge in [-0.3, -0.25) is 19.2 Å². The minimum absolute atomic E-state index is 0.0202. The maximum absolute atomic E-state index is 12.5. The van der Waals surface area contributed by atoms with Crippen molar-refractivity contribution in [3.8, 4) is 0 Å². The molecule has 0 fully saturated rings. The lowest BCUT2D eigenvalue weighted by atomic mass is 10.4. The number of carbonyl (C=O) groups excluding carboxylic acids is 4. The van der Waals surface area contributed by atoms with E-state index in [-0.39, 0.29) is 42.1 Å². The highest BCUT2D eigenvalue weighted by Gasteiger charge is 2.19. The van der Waals surface area contributed by atoms with Gasteiger partial charge in [-0.05, 0) is 0 Å². The fourth-order valence-corrected chi connectivity index (χ4v) is 3.46. The molecule has 0 radical (unpaired) electrons. The number of nitrogens with one attached hydrogen (secondary N) is 4. The number of hydrogen-bond acceptors (Lipinski definition) is 8.